The average Bonchev–Trinajstić information content (AvgIpc) is 3.04. The minimum atomic E-state index is -2.85. The van der Waals surface area contributed by atoms with E-state index in [4.69, 9.17) is 11.6 Å². The van der Waals surface area contributed by atoms with Gasteiger partial charge in [-0.3, -0.25) is 9.69 Å². The highest BCUT2D eigenvalue weighted by Crippen LogP contribution is 2.24. The summed E-state index contributed by atoms with van der Waals surface area (Å²) in [6.07, 6.45) is 0.719. The Hall–Kier alpha value is -0.630. The maximum atomic E-state index is 12.3. The molecule has 21 heavy (non-hydrogen) atoms. The second kappa shape index (κ2) is 5.87. The van der Waals surface area contributed by atoms with Crippen LogP contribution in [0.2, 0.25) is 4.34 Å². The number of sulfone groups is 1. The Bertz CT molecular complexity index is 636. The fraction of sp³-hybridized carbons (Fsp3) is 0.615. The highest BCUT2D eigenvalue weighted by Gasteiger charge is 2.34. The highest BCUT2D eigenvalue weighted by molar-refractivity contribution is 7.91. The molecular weight excluding hydrogens is 332 g/mol. The first-order valence-corrected chi connectivity index (χ1v) is 9.95. The Morgan fingerprint density at radius 1 is 1.24 bits per heavy atom. The standard InChI is InChI=1S/C13H17ClN2O3S2/c14-12-2-1-11(20-12)13(17)16-6-4-15(5-7-16)10-3-8-21(18,19)9-10/h1-2,10H,3-9H2/t10-/m0/s1. The van der Waals surface area contributed by atoms with Crippen molar-refractivity contribution in [1.82, 2.24) is 9.80 Å². The zero-order chi connectivity index (χ0) is 15.0. The van der Waals surface area contributed by atoms with E-state index in [0.717, 1.165) is 19.5 Å². The van der Waals surface area contributed by atoms with E-state index in [1.165, 1.54) is 11.3 Å². The van der Waals surface area contributed by atoms with Crippen LogP contribution in [0.3, 0.4) is 0 Å². The van der Waals surface area contributed by atoms with E-state index < -0.39 is 9.84 Å². The predicted molar refractivity (Wildman–Crippen MR) is 83.9 cm³/mol. The van der Waals surface area contributed by atoms with Crippen LogP contribution in [0, 0.1) is 0 Å². The SMILES string of the molecule is O=C(c1ccc(Cl)s1)N1CCN([C@H]2CCS(=O)(=O)C2)CC1. The second-order valence-electron chi connectivity index (χ2n) is 5.49. The number of carbonyl (C=O) groups is 1. The smallest absolute Gasteiger partial charge is 0.264 e. The van der Waals surface area contributed by atoms with Gasteiger partial charge in [-0.1, -0.05) is 11.6 Å². The van der Waals surface area contributed by atoms with Crippen LogP contribution in [0.15, 0.2) is 12.1 Å². The van der Waals surface area contributed by atoms with Gasteiger partial charge in [-0.2, -0.15) is 0 Å². The number of thiophene rings is 1. The molecule has 0 saturated carbocycles. The topological polar surface area (TPSA) is 57.7 Å². The molecule has 0 N–H and O–H groups in total. The molecule has 1 amide bonds. The van der Waals surface area contributed by atoms with Gasteiger partial charge in [0.25, 0.3) is 5.91 Å². The van der Waals surface area contributed by atoms with Gasteiger partial charge in [0.05, 0.1) is 20.7 Å². The lowest BCUT2D eigenvalue weighted by molar-refractivity contribution is 0.0592. The molecule has 0 aliphatic carbocycles. The van der Waals surface area contributed by atoms with E-state index in [-0.39, 0.29) is 17.7 Å². The first-order valence-electron chi connectivity index (χ1n) is 6.94. The van der Waals surface area contributed by atoms with Crippen LogP contribution in [0.5, 0.6) is 0 Å². The predicted octanol–water partition coefficient (Wildman–Crippen LogP) is 1.35. The van der Waals surface area contributed by atoms with Gasteiger partial charge in [0.15, 0.2) is 9.84 Å². The summed E-state index contributed by atoms with van der Waals surface area (Å²) in [5, 5.41) is 0. The number of hydrogen-bond donors (Lipinski definition) is 0. The second-order valence-corrected chi connectivity index (χ2v) is 9.43. The van der Waals surface area contributed by atoms with Crippen LogP contribution in [0.1, 0.15) is 16.1 Å². The minimum absolute atomic E-state index is 0.0191. The van der Waals surface area contributed by atoms with Gasteiger partial charge in [0.1, 0.15) is 0 Å². The van der Waals surface area contributed by atoms with Gasteiger partial charge in [-0.15, -0.1) is 11.3 Å². The van der Waals surface area contributed by atoms with Crippen LogP contribution >= 0.6 is 22.9 Å². The maximum Gasteiger partial charge on any atom is 0.264 e. The van der Waals surface area contributed by atoms with Gasteiger partial charge >= 0.3 is 0 Å². The lowest BCUT2D eigenvalue weighted by atomic mass is 10.2. The number of piperazine rings is 1. The molecule has 1 aromatic rings. The number of carbonyl (C=O) groups excluding carboxylic acids is 1. The molecule has 116 valence electrons. The van der Waals surface area contributed by atoms with E-state index in [0.29, 0.717) is 28.1 Å². The van der Waals surface area contributed by atoms with E-state index in [1.54, 1.807) is 12.1 Å². The van der Waals surface area contributed by atoms with Crippen LogP contribution in [-0.2, 0) is 9.84 Å². The van der Waals surface area contributed by atoms with E-state index in [2.05, 4.69) is 4.90 Å². The van der Waals surface area contributed by atoms with Crippen molar-refractivity contribution in [3.63, 3.8) is 0 Å². The monoisotopic (exact) mass is 348 g/mol. The number of nitrogens with zero attached hydrogens (tertiary/aromatic N) is 2. The molecule has 1 aromatic heterocycles. The average molecular weight is 349 g/mol. The fourth-order valence-electron chi connectivity index (χ4n) is 2.94. The summed E-state index contributed by atoms with van der Waals surface area (Å²) in [6.45, 7) is 2.77. The van der Waals surface area contributed by atoms with Crippen LogP contribution in [-0.4, -0.2) is 67.9 Å². The number of rotatable bonds is 2. The Kier molecular flexibility index (Phi) is 4.27. The summed E-state index contributed by atoms with van der Waals surface area (Å²) in [4.78, 5) is 17.0. The molecule has 0 radical (unpaired) electrons. The van der Waals surface area contributed by atoms with Crippen LogP contribution in [0.4, 0.5) is 0 Å². The lowest BCUT2D eigenvalue weighted by Gasteiger charge is -2.37. The molecule has 3 rings (SSSR count). The summed E-state index contributed by atoms with van der Waals surface area (Å²) < 4.78 is 23.7. The molecule has 0 aromatic carbocycles. The fourth-order valence-corrected chi connectivity index (χ4v) is 5.71. The Balaban J connectivity index is 1.57. The molecule has 2 aliphatic heterocycles. The Morgan fingerprint density at radius 2 is 1.95 bits per heavy atom. The molecular formula is C13H17ClN2O3S2. The van der Waals surface area contributed by atoms with E-state index in [1.807, 2.05) is 4.90 Å². The van der Waals surface area contributed by atoms with E-state index in [9.17, 15) is 13.2 Å². The van der Waals surface area contributed by atoms with Crippen molar-refractivity contribution in [2.24, 2.45) is 0 Å². The van der Waals surface area contributed by atoms with Gasteiger partial charge in [-0.05, 0) is 18.6 Å². The van der Waals surface area contributed by atoms with Gasteiger partial charge in [-0.25, -0.2) is 8.42 Å². The Morgan fingerprint density at radius 3 is 2.48 bits per heavy atom. The minimum Gasteiger partial charge on any atom is -0.335 e. The molecule has 3 heterocycles. The molecule has 5 nitrogen and oxygen atoms in total. The van der Waals surface area contributed by atoms with Crippen molar-refractivity contribution in [3.8, 4) is 0 Å². The van der Waals surface area contributed by atoms with Crippen molar-refractivity contribution in [3.05, 3.63) is 21.3 Å². The van der Waals surface area contributed by atoms with Crippen molar-refractivity contribution in [2.75, 3.05) is 37.7 Å². The van der Waals surface area contributed by atoms with Crippen molar-refractivity contribution in [2.45, 2.75) is 12.5 Å². The largest absolute Gasteiger partial charge is 0.335 e. The molecule has 2 saturated heterocycles. The molecule has 2 fully saturated rings. The third-order valence-corrected chi connectivity index (χ3v) is 7.08. The van der Waals surface area contributed by atoms with E-state index >= 15 is 0 Å². The zero-order valence-electron chi connectivity index (χ0n) is 11.5. The number of halogens is 1. The van der Waals surface area contributed by atoms with Crippen molar-refractivity contribution >= 4 is 38.7 Å². The van der Waals surface area contributed by atoms with Gasteiger partial charge in [0, 0.05) is 32.2 Å². The first-order chi connectivity index (χ1) is 9.94. The van der Waals surface area contributed by atoms with Crippen LogP contribution in [0.25, 0.3) is 0 Å². The summed E-state index contributed by atoms with van der Waals surface area (Å²) >= 11 is 7.16. The lowest BCUT2D eigenvalue weighted by Crippen LogP contribution is -2.52. The van der Waals surface area contributed by atoms with Crippen molar-refractivity contribution in [1.29, 1.82) is 0 Å². The normalized spacial score (nSPS) is 26.1. The van der Waals surface area contributed by atoms with Gasteiger partial charge in [0.2, 0.25) is 0 Å². The molecule has 0 spiro atoms. The number of amides is 1. The summed E-state index contributed by atoms with van der Waals surface area (Å²) in [5.41, 5.74) is 0. The zero-order valence-corrected chi connectivity index (χ0v) is 13.9. The highest BCUT2D eigenvalue weighted by atomic mass is 35.5. The summed E-state index contributed by atoms with van der Waals surface area (Å²) in [6, 6.07) is 3.62. The third kappa shape index (κ3) is 3.41. The number of hydrogen-bond acceptors (Lipinski definition) is 5. The molecule has 2 aliphatic rings. The molecule has 0 bridgehead atoms. The van der Waals surface area contributed by atoms with Gasteiger partial charge < -0.3 is 4.90 Å². The molecule has 8 heteroatoms. The third-order valence-electron chi connectivity index (χ3n) is 4.11. The summed E-state index contributed by atoms with van der Waals surface area (Å²) in [5.74, 6) is 0.581. The maximum absolute atomic E-state index is 12.3. The Labute approximate surface area is 133 Å². The molecule has 0 unspecified atom stereocenters. The van der Waals surface area contributed by atoms with Crippen molar-refractivity contribution < 1.29 is 13.2 Å². The van der Waals surface area contributed by atoms with Crippen LogP contribution < -0.4 is 0 Å². The quantitative estimate of drug-likeness (QED) is 0.809. The first kappa shape index (κ1) is 15.3. The summed E-state index contributed by atoms with van der Waals surface area (Å²) in [7, 11) is -2.85. The molecule has 1 atom stereocenters.